The van der Waals surface area contributed by atoms with Gasteiger partial charge in [0.15, 0.2) is 0 Å². The molecule has 0 radical (unpaired) electrons. The van der Waals surface area contributed by atoms with Crippen LogP contribution >= 0.6 is 0 Å². The van der Waals surface area contributed by atoms with Gasteiger partial charge in [0.2, 0.25) is 0 Å². The fourth-order valence-electron chi connectivity index (χ4n) is 10.2. The van der Waals surface area contributed by atoms with E-state index >= 15 is 0 Å². The summed E-state index contributed by atoms with van der Waals surface area (Å²) in [5, 5.41) is 7.87. The average molecular weight is 694 g/mol. The molecule has 0 bridgehead atoms. The van der Waals surface area contributed by atoms with Gasteiger partial charge in [0.25, 0.3) is 6.71 Å². The fraction of sp³-hybridized carbons (Fsp3) is 0.160. The molecule has 12 rings (SSSR count). The molecule has 0 aliphatic carbocycles. The predicted octanol–water partition coefficient (Wildman–Crippen LogP) is 10.7. The van der Waals surface area contributed by atoms with Crippen molar-refractivity contribution in [3.63, 3.8) is 0 Å². The van der Waals surface area contributed by atoms with Crippen LogP contribution in [0.4, 0.5) is 0 Å². The third-order valence-electron chi connectivity index (χ3n) is 12.7. The second kappa shape index (κ2) is 9.95. The van der Waals surface area contributed by atoms with Crippen LogP contribution in [-0.2, 0) is 10.8 Å². The molecule has 7 aromatic carbocycles. The summed E-state index contributed by atoms with van der Waals surface area (Å²) in [6, 6.07) is 51.3. The quantitative estimate of drug-likeness (QED) is 0.152. The monoisotopic (exact) mass is 693 g/mol. The lowest BCUT2D eigenvalue weighted by Gasteiger charge is -2.34. The average Bonchev–Trinajstić information content (AvgIpc) is 3.81. The molecule has 3 aromatic heterocycles. The zero-order valence-corrected chi connectivity index (χ0v) is 31.6. The lowest BCUT2D eigenvalue weighted by atomic mass is 9.34. The lowest BCUT2D eigenvalue weighted by molar-refractivity contribution is 0.590. The summed E-state index contributed by atoms with van der Waals surface area (Å²) < 4.78 is 7.71. The topological polar surface area (TPSA) is 14.8 Å². The Morgan fingerprint density at radius 1 is 0.389 bits per heavy atom. The van der Waals surface area contributed by atoms with Crippen LogP contribution in [0.3, 0.4) is 0 Å². The number of fused-ring (bicyclic) bond motifs is 13. The zero-order valence-electron chi connectivity index (χ0n) is 31.6. The Labute approximate surface area is 315 Å². The van der Waals surface area contributed by atoms with Gasteiger partial charge in [-0.15, -0.1) is 0 Å². The Balaban J connectivity index is 1.29. The Morgan fingerprint density at radius 2 is 0.815 bits per heavy atom. The highest BCUT2D eigenvalue weighted by Crippen LogP contribution is 2.42. The first-order valence-electron chi connectivity index (χ1n) is 19.4. The summed E-state index contributed by atoms with van der Waals surface area (Å²) in [5.41, 5.74) is 18.3. The molecule has 5 heterocycles. The minimum Gasteiger partial charge on any atom is -0.310 e. The van der Waals surface area contributed by atoms with Crippen LogP contribution in [0.15, 0.2) is 133 Å². The molecule has 54 heavy (non-hydrogen) atoms. The van der Waals surface area contributed by atoms with Crippen molar-refractivity contribution < 1.29 is 0 Å². The smallest absolute Gasteiger partial charge is 0.252 e. The van der Waals surface area contributed by atoms with Gasteiger partial charge >= 0.3 is 0 Å². The number of hydrogen-bond acceptors (Lipinski definition) is 0. The first-order chi connectivity index (χ1) is 26.1. The number of rotatable bonds is 1. The van der Waals surface area contributed by atoms with Crippen molar-refractivity contribution >= 4 is 88.5 Å². The van der Waals surface area contributed by atoms with Crippen molar-refractivity contribution in [2.24, 2.45) is 0 Å². The maximum Gasteiger partial charge on any atom is 0.252 e. The molecule has 4 heteroatoms. The van der Waals surface area contributed by atoms with Crippen molar-refractivity contribution in [3.8, 4) is 17.1 Å². The molecule has 3 nitrogen and oxygen atoms in total. The van der Waals surface area contributed by atoms with E-state index in [-0.39, 0.29) is 17.5 Å². The summed E-state index contributed by atoms with van der Waals surface area (Å²) in [7, 11) is 0. The Bertz CT molecular complexity index is 3080. The summed E-state index contributed by atoms with van der Waals surface area (Å²) in [5.74, 6) is 0. The molecule has 0 unspecified atom stereocenters. The number of nitrogens with zero attached hydrogens (tertiary/aromatic N) is 3. The molecule has 258 valence electrons. The third kappa shape index (κ3) is 3.73. The van der Waals surface area contributed by atoms with Crippen molar-refractivity contribution in [1.29, 1.82) is 0 Å². The summed E-state index contributed by atoms with van der Waals surface area (Å²) >= 11 is 0. The normalized spacial score (nSPS) is 13.7. The van der Waals surface area contributed by atoms with Crippen molar-refractivity contribution in [1.82, 2.24) is 13.7 Å². The predicted molar refractivity (Wildman–Crippen MR) is 232 cm³/mol. The van der Waals surface area contributed by atoms with Crippen LogP contribution in [0, 0.1) is 0 Å². The van der Waals surface area contributed by atoms with Crippen LogP contribution in [0.25, 0.3) is 82.5 Å². The molecular formula is C50H40BN3. The van der Waals surface area contributed by atoms with Gasteiger partial charge in [0.1, 0.15) is 0 Å². The molecule has 0 fully saturated rings. The van der Waals surface area contributed by atoms with E-state index < -0.39 is 0 Å². The van der Waals surface area contributed by atoms with Crippen LogP contribution in [0.1, 0.15) is 52.7 Å². The standard InChI is InChI=1S/C50H40BN3/c1-49(2,3)29-21-23-42-36(25-29)37-26-30(50(4,5)6)22-24-43(37)52(42)31-27-44-46-45(28-31)54-41-20-10-8-14-33(41)35-16-12-18-39(48(35)54)51(46)38-17-11-15-34-32-13-7-9-19-40(32)53(44)47(34)38/h7-28H,1-6H3. The SMILES string of the molecule is CC(C)(C)c1ccc2c(c1)c1cc(C(C)(C)C)ccc1n2-c1cc2c3c(c1)-n1c4ccccc4c4cccc(c41)B3c1cccc3c4ccccc4n-2c13. The number of aromatic nitrogens is 3. The second-order valence-corrected chi connectivity index (χ2v) is 17.8. The summed E-state index contributed by atoms with van der Waals surface area (Å²) in [4.78, 5) is 0. The first-order valence-corrected chi connectivity index (χ1v) is 19.4. The van der Waals surface area contributed by atoms with Gasteiger partial charge in [-0.25, -0.2) is 0 Å². The highest BCUT2D eigenvalue weighted by molar-refractivity contribution is 7.00. The highest BCUT2D eigenvalue weighted by atomic mass is 15.1. The van der Waals surface area contributed by atoms with Gasteiger partial charge < -0.3 is 13.7 Å². The van der Waals surface area contributed by atoms with Crippen LogP contribution in [0.2, 0.25) is 0 Å². The van der Waals surface area contributed by atoms with Crippen molar-refractivity contribution in [2.45, 2.75) is 52.4 Å². The van der Waals surface area contributed by atoms with E-state index in [2.05, 4.69) is 189 Å². The van der Waals surface area contributed by atoms with Gasteiger partial charge in [-0.2, -0.15) is 0 Å². The van der Waals surface area contributed by atoms with Gasteiger partial charge in [-0.05, 0) is 86.9 Å². The van der Waals surface area contributed by atoms with Crippen molar-refractivity contribution in [3.05, 3.63) is 145 Å². The molecule has 0 amide bonds. The van der Waals surface area contributed by atoms with Gasteiger partial charge in [-0.3, -0.25) is 0 Å². The molecular weight excluding hydrogens is 653 g/mol. The first kappa shape index (κ1) is 30.5. The minimum absolute atomic E-state index is 0.0394. The number of benzene rings is 7. The van der Waals surface area contributed by atoms with E-state index in [1.165, 1.54) is 110 Å². The van der Waals surface area contributed by atoms with Crippen LogP contribution < -0.4 is 16.4 Å². The van der Waals surface area contributed by atoms with E-state index in [0.717, 1.165) is 0 Å². The van der Waals surface area contributed by atoms with E-state index in [9.17, 15) is 0 Å². The largest absolute Gasteiger partial charge is 0.310 e. The van der Waals surface area contributed by atoms with Gasteiger partial charge in [0.05, 0.1) is 27.8 Å². The van der Waals surface area contributed by atoms with E-state index in [1.807, 2.05) is 0 Å². The van der Waals surface area contributed by atoms with Gasteiger partial charge in [-0.1, -0.05) is 126 Å². The summed E-state index contributed by atoms with van der Waals surface area (Å²) in [6.45, 7) is 14.0. The molecule has 0 saturated carbocycles. The molecule has 2 aliphatic rings. The number of hydrogen-bond donors (Lipinski definition) is 0. The summed E-state index contributed by atoms with van der Waals surface area (Å²) in [6.07, 6.45) is 0. The van der Waals surface area contributed by atoms with E-state index in [1.54, 1.807) is 0 Å². The Kier molecular flexibility index (Phi) is 5.61. The third-order valence-corrected chi connectivity index (χ3v) is 12.7. The van der Waals surface area contributed by atoms with Crippen LogP contribution in [0.5, 0.6) is 0 Å². The maximum absolute atomic E-state index is 2.58. The molecule has 10 aromatic rings. The molecule has 0 N–H and O–H groups in total. The molecule has 0 atom stereocenters. The molecule has 0 spiro atoms. The minimum atomic E-state index is 0.0394. The van der Waals surface area contributed by atoms with E-state index in [4.69, 9.17) is 0 Å². The van der Waals surface area contributed by atoms with Crippen molar-refractivity contribution in [2.75, 3.05) is 0 Å². The Morgan fingerprint density at radius 3 is 1.28 bits per heavy atom. The fourth-order valence-corrected chi connectivity index (χ4v) is 10.2. The lowest BCUT2D eigenvalue weighted by Crippen LogP contribution is -2.59. The second-order valence-electron chi connectivity index (χ2n) is 17.8. The molecule has 0 saturated heterocycles. The molecule has 2 aliphatic heterocycles. The Hall–Kier alpha value is -6.00. The van der Waals surface area contributed by atoms with E-state index in [0.29, 0.717) is 0 Å². The van der Waals surface area contributed by atoms with Gasteiger partial charge in [0, 0.05) is 54.7 Å². The van der Waals surface area contributed by atoms with Crippen LogP contribution in [-0.4, -0.2) is 20.4 Å². The number of para-hydroxylation sites is 4. The zero-order chi connectivity index (χ0) is 36.4. The highest BCUT2D eigenvalue weighted by Gasteiger charge is 2.41. The maximum atomic E-state index is 2.58.